The summed E-state index contributed by atoms with van der Waals surface area (Å²) < 4.78 is 25.7. The van der Waals surface area contributed by atoms with E-state index in [1.54, 1.807) is 24.3 Å². The highest BCUT2D eigenvalue weighted by Crippen LogP contribution is 2.14. The second-order valence-electron chi connectivity index (χ2n) is 3.86. The number of aromatic nitrogens is 1. The second-order valence-corrected chi connectivity index (χ2v) is 5.71. The van der Waals surface area contributed by atoms with Crippen LogP contribution in [0, 0.1) is 0 Å². The first-order valence-electron chi connectivity index (χ1n) is 5.61. The Morgan fingerprint density at radius 2 is 1.85 bits per heavy atom. The van der Waals surface area contributed by atoms with Crippen LogP contribution in [-0.2, 0) is 10.0 Å². The van der Waals surface area contributed by atoms with E-state index in [0.29, 0.717) is 5.56 Å². The van der Waals surface area contributed by atoms with Gasteiger partial charge in [0.2, 0.25) is 5.96 Å². The Morgan fingerprint density at radius 1 is 1.15 bits per heavy atom. The molecule has 1 heterocycles. The van der Waals surface area contributed by atoms with E-state index < -0.39 is 10.0 Å². The maximum atomic E-state index is 12.3. The highest BCUT2D eigenvalue weighted by Gasteiger charge is 2.15. The van der Waals surface area contributed by atoms with Gasteiger partial charge in [0.25, 0.3) is 10.0 Å². The molecule has 0 aliphatic heterocycles. The summed E-state index contributed by atoms with van der Waals surface area (Å²) in [5.74, 6) is -0.169. The number of nitrogens with two attached hydrogens (primary N) is 2. The Morgan fingerprint density at radius 3 is 2.50 bits per heavy atom. The van der Waals surface area contributed by atoms with Gasteiger partial charge in [-0.15, -0.1) is 5.10 Å². The van der Waals surface area contributed by atoms with Crippen molar-refractivity contribution < 1.29 is 8.42 Å². The molecular formula is C12H13N5O2S. The number of hydrogen-bond acceptors (Lipinski definition) is 4. The minimum absolute atomic E-state index is 0.169. The van der Waals surface area contributed by atoms with Gasteiger partial charge in [-0.3, -0.25) is 0 Å². The molecule has 4 N–H and O–H groups in total. The Hall–Kier alpha value is -2.61. The molecule has 0 atom stereocenters. The summed E-state index contributed by atoms with van der Waals surface area (Å²) in [6, 6.07) is 9.73. The summed E-state index contributed by atoms with van der Waals surface area (Å²) in [6.07, 6.45) is 4.21. The van der Waals surface area contributed by atoms with Crippen LogP contribution in [0.4, 0.5) is 0 Å². The molecule has 0 amide bonds. The molecule has 2 aromatic rings. The fourth-order valence-electron chi connectivity index (χ4n) is 1.49. The molecule has 0 unspecified atom stereocenters. The molecule has 0 saturated carbocycles. The van der Waals surface area contributed by atoms with Crippen LogP contribution < -0.4 is 11.5 Å². The average Bonchev–Trinajstić information content (AvgIpc) is 2.89. The summed E-state index contributed by atoms with van der Waals surface area (Å²) in [7, 11) is -3.59. The van der Waals surface area contributed by atoms with E-state index in [4.69, 9.17) is 11.5 Å². The average molecular weight is 291 g/mol. The van der Waals surface area contributed by atoms with Crippen molar-refractivity contribution in [2.75, 3.05) is 0 Å². The van der Waals surface area contributed by atoms with Gasteiger partial charge in [-0.1, -0.05) is 18.2 Å². The molecule has 1 aromatic carbocycles. The van der Waals surface area contributed by atoms with Crippen molar-refractivity contribution in [1.29, 1.82) is 0 Å². The molecule has 8 heteroatoms. The van der Waals surface area contributed by atoms with Crippen LogP contribution in [0.15, 0.2) is 63.9 Å². The number of nitrogens with zero attached hydrogens (tertiary/aromatic N) is 3. The van der Waals surface area contributed by atoms with Crippen molar-refractivity contribution in [3.63, 3.8) is 0 Å². The smallest absolute Gasteiger partial charge is 0.267 e. The van der Waals surface area contributed by atoms with Crippen LogP contribution in [0.1, 0.15) is 5.56 Å². The third kappa shape index (κ3) is 3.04. The van der Waals surface area contributed by atoms with E-state index in [-0.39, 0.29) is 10.9 Å². The molecule has 20 heavy (non-hydrogen) atoms. The zero-order valence-electron chi connectivity index (χ0n) is 10.4. The molecule has 0 bridgehead atoms. The van der Waals surface area contributed by atoms with E-state index in [1.807, 2.05) is 0 Å². The minimum atomic E-state index is -3.59. The van der Waals surface area contributed by atoms with E-state index in [9.17, 15) is 8.42 Å². The van der Waals surface area contributed by atoms with Gasteiger partial charge < -0.3 is 11.5 Å². The van der Waals surface area contributed by atoms with Crippen molar-refractivity contribution in [1.82, 2.24) is 3.97 Å². The van der Waals surface area contributed by atoms with Gasteiger partial charge in [0.1, 0.15) is 0 Å². The van der Waals surface area contributed by atoms with Crippen molar-refractivity contribution in [2.45, 2.75) is 4.90 Å². The zero-order valence-corrected chi connectivity index (χ0v) is 11.2. The molecule has 2 rings (SSSR count). The van der Waals surface area contributed by atoms with Crippen LogP contribution in [0.5, 0.6) is 0 Å². The van der Waals surface area contributed by atoms with Crippen molar-refractivity contribution in [3.05, 3.63) is 54.4 Å². The van der Waals surface area contributed by atoms with E-state index >= 15 is 0 Å². The summed E-state index contributed by atoms with van der Waals surface area (Å²) >= 11 is 0. The first-order chi connectivity index (χ1) is 9.50. The maximum absolute atomic E-state index is 12.3. The fourth-order valence-corrected chi connectivity index (χ4v) is 2.72. The number of benzene rings is 1. The monoisotopic (exact) mass is 291 g/mol. The molecule has 0 spiro atoms. The second kappa shape index (κ2) is 5.57. The fraction of sp³-hybridized carbons (Fsp3) is 0. The summed E-state index contributed by atoms with van der Waals surface area (Å²) in [5.41, 5.74) is 10.8. The highest BCUT2D eigenvalue weighted by atomic mass is 32.2. The van der Waals surface area contributed by atoms with Crippen LogP contribution >= 0.6 is 0 Å². The SMILES string of the molecule is NC(N)=N/N=C/c1ccn(S(=O)(=O)c2ccccc2)c1. The normalized spacial score (nSPS) is 11.6. The van der Waals surface area contributed by atoms with Crippen LogP contribution in [0.25, 0.3) is 0 Å². The summed E-state index contributed by atoms with van der Waals surface area (Å²) in [6.45, 7) is 0. The molecule has 0 radical (unpaired) electrons. The molecule has 0 aliphatic carbocycles. The van der Waals surface area contributed by atoms with Crippen molar-refractivity contribution in [3.8, 4) is 0 Å². The Bertz CT molecular complexity index is 743. The zero-order chi connectivity index (χ0) is 14.6. The standard InChI is InChI=1S/C12H13N5O2S/c13-12(14)16-15-8-10-6-7-17(9-10)20(18,19)11-4-2-1-3-5-11/h1-9H,(H4,13,14,16)/b15-8+. The van der Waals surface area contributed by atoms with Crippen LogP contribution in [0.3, 0.4) is 0 Å². The lowest BCUT2D eigenvalue weighted by atomic mass is 10.4. The van der Waals surface area contributed by atoms with Gasteiger partial charge in [-0.2, -0.15) is 5.10 Å². The summed E-state index contributed by atoms with van der Waals surface area (Å²) in [5, 5.41) is 7.05. The van der Waals surface area contributed by atoms with Gasteiger partial charge >= 0.3 is 0 Å². The lowest BCUT2D eigenvalue weighted by molar-refractivity contribution is 0.587. The van der Waals surface area contributed by atoms with Gasteiger partial charge in [-0.25, -0.2) is 12.4 Å². The Balaban J connectivity index is 2.29. The lowest BCUT2D eigenvalue weighted by Gasteiger charge is -2.04. The van der Waals surface area contributed by atoms with Gasteiger partial charge in [0.05, 0.1) is 11.1 Å². The van der Waals surface area contributed by atoms with Crippen LogP contribution in [0.2, 0.25) is 0 Å². The van der Waals surface area contributed by atoms with Crippen LogP contribution in [-0.4, -0.2) is 24.6 Å². The Kier molecular flexibility index (Phi) is 3.85. The van der Waals surface area contributed by atoms with Crippen molar-refractivity contribution >= 4 is 22.2 Å². The molecule has 1 aromatic heterocycles. The molecule has 0 aliphatic rings. The topological polar surface area (TPSA) is 116 Å². The lowest BCUT2D eigenvalue weighted by Crippen LogP contribution is -2.21. The van der Waals surface area contributed by atoms with Gasteiger partial charge in [0.15, 0.2) is 0 Å². The number of rotatable bonds is 4. The summed E-state index contributed by atoms with van der Waals surface area (Å²) in [4.78, 5) is 0.211. The quantitative estimate of drug-likeness (QED) is 0.479. The molecular weight excluding hydrogens is 278 g/mol. The van der Waals surface area contributed by atoms with Crippen molar-refractivity contribution in [2.24, 2.45) is 21.7 Å². The first kappa shape index (κ1) is 13.8. The first-order valence-corrected chi connectivity index (χ1v) is 7.05. The molecule has 0 saturated heterocycles. The maximum Gasteiger partial charge on any atom is 0.267 e. The molecule has 7 nitrogen and oxygen atoms in total. The van der Waals surface area contributed by atoms with Gasteiger partial charge in [-0.05, 0) is 18.2 Å². The van der Waals surface area contributed by atoms with Gasteiger partial charge in [0, 0.05) is 18.0 Å². The minimum Gasteiger partial charge on any atom is -0.369 e. The number of guanidine groups is 1. The largest absolute Gasteiger partial charge is 0.369 e. The third-order valence-electron chi connectivity index (χ3n) is 2.39. The molecule has 104 valence electrons. The predicted molar refractivity (Wildman–Crippen MR) is 76.9 cm³/mol. The Labute approximate surface area is 116 Å². The molecule has 0 fully saturated rings. The third-order valence-corrected chi connectivity index (χ3v) is 4.04. The number of hydrogen-bond donors (Lipinski definition) is 2. The van der Waals surface area contributed by atoms with E-state index in [0.717, 1.165) is 3.97 Å². The van der Waals surface area contributed by atoms with E-state index in [1.165, 1.54) is 30.7 Å². The predicted octanol–water partition coefficient (Wildman–Crippen LogP) is 0.332. The van der Waals surface area contributed by atoms with E-state index in [2.05, 4.69) is 10.2 Å². The highest BCUT2D eigenvalue weighted by molar-refractivity contribution is 7.90.